The van der Waals surface area contributed by atoms with Gasteiger partial charge in [-0.05, 0) is 45.7 Å². The third-order valence-electron chi connectivity index (χ3n) is 3.75. The molecule has 2 heteroatoms. The maximum atomic E-state index is 12.3. The van der Waals surface area contributed by atoms with Gasteiger partial charge in [0, 0.05) is 5.92 Å². The largest absolute Gasteiger partial charge is 0.460 e. The highest BCUT2D eigenvalue weighted by Crippen LogP contribution is 2.29. The molecule has 2 aromatic rings. The zero-order valence-electron chi connectivity index (χ0n) is 14.7. The fourth-order valence-corrected chi connectivity index (χ4v) is 2.58. The van der Waals surface area contributed by atoms with Crippen molar-refractivity contribution < 1.29 is 9.53 Å². The Morgan fingerprint density at radius 2 is 1.26 bits per heavy atom. The van der Waals surface area contributed by atoms with Crippen LogP contribution in [0.5, 0.6) is 0 Å². The minimum absolute atomic E-state index is 0.0195. The molecule has 23 heavy (non-hydrogen) atoms. The zero-order chi connectivity index (χ0) is 17.0. The quantitative estimate of drug-likeness (QED) is 0.728. The third-order valence-corrected chi connectivity index (χ3v) is 3.75. The molecule has 0 heterocycles. The topological polar surface area (TPSA) is 26.3 Å². The molecule has 0 saturated heterocycles. The minimum Gasteiger partial charge on any atom is -0.460 e. The number of hydrogen-bond donors (Lipinski definition) is 0. The Balaban J connectivity index is 2.29. The number of carbonyl (C=O) groups is 1. The van der Waals surface area contributed by atoms with Crippen LogP contribution in [-0.4, -0.2) is 11.6 Å². The number of esters is 1. The van der Waals surface area contributed by atoms with Crippen molar-refractivity contribution in [2.75, 3.05) is 0 Å². The van der Waals surface area contributed by atoms with Crippen molar-refractivity contribution in [1.29, 1.82) is 0 Å². The van der Waals surface area contributed by atoms with E-state index < -0.39 is 5.60 Å². The van der Waals surface area contributed by atoms with Gasteiger partial charge >= 0.3 is 5.97 Å². The van der Waals surface area contributed by atoms with Gasteiger partial charge < -0.3 is 4.74 Å². The number of ether oxygens (including phenoxy) is 1. The first-order valence-corrected chi connectivity index (χ1v) is 8.09. The van der Waals surface area contributed by atoms with Gasteiger partial charge in [0.2, 0.25) is 0 Å². The van der Waals surface area contributed by atoms with Gasteiger partial charge in [0.15, 0.2) is 0 Å². The third kappa shape index (κ3) is 5.24. The van der Waals surface area contributed by atoms with Crippen LogP contribution < -0.4 is 0 Å². The fraction of sp³-hybridized carbons (Fsp3) is 0.381. The molecule has 0 aliphatic rings. The molecule has 0 aliphatic carbocycles. The summed E-state index contributed by atoms with van der Waals surface area (Å²) in [6, 6.07) is 16.8. The number of carbonyl (C=O) groups excluding carboxylic acids is 1. The molecule has 0 fully saturated rings. The average molecular weight is 310 g/mol. The molecule has 2 nitrogen and oxygen atoms in total. The summed E-state index contributed by atoms with van der Waals surface area (Å²) in [7, 11) is 0. The molecule has 0 unspecified atom stereocenters. The minimum atomic E-state index is -0.456. The summed E-state index contributed by atoms with van der Waals surface area (Å²) in [6.45, 7) is 9.84. The Labute approximate surface area is 139 Å². The molecule has 0 saturated carbocycles. The lowest BCUT2D eigenvalue weighted by Gasteiger charge is -2.23. The van der Waals surface area contributed by atoms with Crippen LogP contribution in [0, 0.1) is 13.8 Å². The molecule has 2 rings (SSSR count). The average Bonchev–Trinajstić information content (AvgIpc) is 2.45. The van der Waals surface area contributed by atoms with E-state index in [4.69, 9.17) is 4.74 Å². The first-order chi connectivity index (χ1) is 10.7. The summed E-state index contributed by atoms with van der Waals surface area (Å²) in [6.07, 6.45) is 0.351. The number of hydrogen-bond acceptors (Lipinski definition) is 2. The molecule has 0 spiro atoms. The fourth-order valence-electron chi connectivity index (χ4n) is 2.58. The van der Waals surface area contributed by atoms with Crippen molar-refractivity contribution in [3.63, 3.8) is 0 Å². The summed E-state index contributed by atoms with van der Waals surface area (Å²) in [5.41, 5.74) is 4.26. The van der Waals surface area contributed by atoms with Crippen LogP contribution >= 0.6 is 0 Å². The first kappa shape index (κ1) is 17.3. The lowest BCUT2D eigenvalue weighted by molar-refractivity contribution is -0.155. The lowest BCUT2D eigenvalue weighted by Crippen LogP contribution is -2.25. The van der Waals surface area contributed by atoms with Gasteiger partial charge in [0.25, 0.3) is 0 Å². The SMILES string of the molecule is Cc1ccc(C(CC(=O)OC(C)(C)C)c2ccc(C)cc2)cc1. The van der Waals surface area contributed by atoms with Crippen molar-refractivity contribution >= 4 is 5.97 Å². The van der Waals surface area contributed by atoms with Crippen LogP contribution in [0.25, 0.3) is 0 Å². The van der Waals surface area contributed by atoms with E-state index in [1.54, 1.807) is 0 Å². The molecule has 0 amide bonds. The number of rotatable bonds is 4. The monoisotopic (exact) mass is 310 g/mol. The van der Waals surface area contributed by atoms with Crippen LogP contribution in [0.15, 0.2) is 48.5 Å². The molecule has 2 aromatic carbocycles. The van der Waals surface area contributed by atoms with Gasteiger partial charge in [-0.1, -0.05) is 59.7 Å². The van der Waals surface area contributed by atoms with Gasteiger partial charge in [0.1, 0.15) is 5.60 Å². The second-order valence-corrected chi connectivity index (χ2v) is 7.16. The van der Waals surface area contributed by atoms with Crippen molar-refractivity contribution in [2.45, 2.75) is 52.6 Å². The summed E-state index contributed by atoms with van der Waals surface area (Å²) in [5.74, 6) is -0.144. The molecular weight excluding hydrogens is 284 g/mol. The predicted octanol–water partition coefficient (Wildman–Crippen LogP) is 5.17. The number of benzene rings is 2. The lowest BCUT2D eigenvalue weighted by atomic mass is 9.87. The van der Waals surface area contributed by atoms with E-state index in [1.165, 1.54) is 11.1 Å². The van der Waals surface area contributed by atoms with Crippen LogP contribution in [0.3, 0.4) is 0 Å². The van der Waals surface area contributed by atoms with Crippen LogP contribution in [0.2, 0.25) is 0 Å². The molecule has 0 N–H and O–H groups in total. The van der Waals surface area contributed by atoms with Gasteiger partial charge in [-0.2, -0.15) is 0 Å². The van der Waals surface area contributed by atoms with Gasteiger partial charge in [-0.25, -0.2) is 0 Å². The molecule has 122 valence electrons. The first-order valence-electron chi connectivity index (χ1n) is 8.09. The predicted molar refractivity (Wildman–Crippen MR) is 94.7 cm³/mol. The van der Waals surface area contributed by atoms with E-state index in [2.05, 4.69) is 62.4 Å². The van der Waals surface area contributed by atoms with Crippen molar-refractivity contribution in [2.24, 2.45) is 0 Å². The van der Waals surface area contributed by atoms with Gasteiger partial charge in [0.05, 0.1) is 6.42 Å². The van der Waals surface area contributed by atoms with Crippen molar-refractivity contribution in [3.8, 4) is 0 Å². The maximum Gasteiger partial charge on any atom is 0.307 e. The Morgan fingerprint density at radius 1 is 0.870 bits per heavy atom. The smallest absolute Gasteiger partial charge is 0.307 e. The second-order valence-electron chi connectivity index (χ2n) is 7.16. The van der Waals surface area contributed by atoms with Gasteiger partial charge in [-0.15, -0.1) is 0 Å². The Hall–Kier alpha value is -2.09. The van der Waals surface area contributed by atoms with E-state index in [-0.39, 0.29) is 11.9 Å². The summed E-state index contributed by atoms with van der Waals surface area (Å²) in [5, 5.41) is 0. The van der Waals surface area contributed by atoms with E-state index in [1.807, 2.05) is 20.8 Å². The Morgan fingerprint density at radius 3 is 1.61 bits per heavy atom. The number of aryl methyl sites for hydroxylation is 2. The molecule has 0 atom stereocenters. The maximum absolute atomic E-state index is 12.3. The van der Waals surface area contributed by atoms with Crippen molar-refractivity contribution in [3.05, 3.63) is 70.8 Å². The van der Waals surface area contributed by atoms with Gasteiger partial charge in [-0.3, -0.25) is 4.79 Å². The molecule has 0 bridgehead atoms. The van der Waals surface area contributed by atoms with E-state index in [0.29, 0.717) is 6.42 Å². The molecule has 0 aromatic heterocycles. The highest BCUT2D eigenvalue weighted by atomic mass is 16.6. The normalized spacial score (nSPS) is 11.6. The standard InChI is InChI=1S/C21H26O2/c1-15-6-10-17(11-7-15)19(14-20(22)23-21(3,4)5)18-12-8-16(2)9-13-18/h6-13,19H,14H2,1-5H3. The Bertz CT molecular complexity index is 600. The Kier molecular flexibility index (Phi) is 5.25. The van der Waals surface area contributed by atoms with E-state index >= 15 is 0 Å². The van der Waals surface area contributed by atoms with Crippen LogP contribution in [-0.2, 0) is 9.53 Å². The summed E-state index contributed by atoms with van der Waals surface area (Å²) in [4.78, 5) is 12.3. The van der Waals surface area contributed by atoms with Crippen molar-refractivity contribution in [1.82, 2.24) is 0 Å². The zero-order valence-corrected chi connectivity index (χ0v) is 14.7. The van der Waals surface area contributed by atoms with E-state index in [0.717, 1.165) is 11.1 Å². The highest BCUT2D eigenvalue weighted by molar-refractivity contribution is 5.72. The molecular formula is C21H26O2. The molecule has 0 aliphatic heterocycles. The second kappa shape index (κ2) is 6.99. The summed E-state index contributed by atoms with van der Waals surface area (Å²) >= 11 is 0. The highest BCUT2D eigenvalue weighted by Gasteiger charge is 2.22. The molecule has 0 radical (unpaired) electrons. The van der Waals surface area contributed by atoms with Crippen LogP contribution in [0.1, 0.15) is 55.4 Å². The van der Waals surface area contributed by atoms with Crippen LogP contribution in [0.4, 0.5) is 0 Å². The van der Waals surface area contributed by atoms with E-state index in [9.17, 15) is 4.79 Å². The summed E-state index contributed by atoms with van der Waals surface area (Å²) < 4.78 is 5.52.